The van der Waals surface area contributed by atoms with E-state index in [0.717, 1.165) is 14.6 Å². The van der Waals surface area contributed by atoms with Gasteiger partial charge in [-0.2, -0.15) is 0 Å². The largest absolute Gasteiger partial charge is 0.296 e. The average Bonchev–Trinajstić information content (AvgIpc) is 2.80. The van der Waals surface area contributed by atoms with Gasteiger partial charge in [0.15, 0.2) is 4.34 Å². The van der Waals surface area contributed by atoms with Crippen LogP contribution in [0.3, 0.4) is 0 Å². The number of rotatable bonds is 4. The van der Waals surface area contributed by atoms with Crippen LogP contribution in [0, 0.1) is 0 Å². The average molecular weight is 379 g/mol. The quantitative estimate of drug-likeness (QED) is 0.636. The van der Waals surface area contributed by atoms with Gasteiger partial charge in [0.05, 0.1) is 10.6 Å². The van der Waals surface area contributed by atoms with Crippen LogP contribution in [-0.4, -0.2) is 21.9 Å². The summed E-state index contributed by atoms with van der Waals surface area (Å²) in [6.45, 7) is 2.03. The summed E-state index contributed by atoms with van der Waals surface area (Å²) in [6, 6.07) is 5.11. The van der Waals surface area contributed by atoms with Crippen LogP contribution in [0.5, 0.6) is 0 Å². The molecule has 1 amide bonds. The number of aromatic nitrogens is 2. The smallest absolute Gasteiger partial charge is 0.259 e. The van der Waals surface area contributed by atoms with Crippen LogP contribution in [0.15, 0.2) is 27.0 Å². The molecule has 1 N–H and O–H groups in total. The van der Waals surface area contributed by atoms with E-state index in [4.69, 9.17) is 11.6 Å². The number of thioether (sulfide) groups is 1. The fourth-order valence-corrected chi connectivity index (χ4v) is 3.49. The molecule has 19 heavy (non-hydrogen) atoms. The molecule has 0 saturated heterocycles. The van der Waals surface area contributed by atoms with Crippen molar-refractivity contribution >= 4 is 61.7 Å². The molecule has 1 aromatic carbocycles. The maximum Gasteiger partial charge on any atom is 0.259 e. The normalized spacial score (nSPS) is 10.5. The maximum absolute atomic E-state index is 12.1. The van der Waals surface area contributed by atoms with Crippen LogP contribution in [0.4, 0.5) is 5.13 Å². The monoisotopic (exact) mass is 377 g/mol. The van der Waals surface area contributed by atoms with E-state index < -0.39 is 0 Å². The summed E-state index contributed by atoms with van der Waals surface area (Å²) in [6.07, 6.45) is 0. The zero-order valence-electron chi connectivity index (χ0n) is 9.81. The second-order valence-corrected chi connectivity index (χ2v) is 7.20. The highest BCUT2D eigenvalue weighted by atomic mass is 79.9. The Labute approximate surface area is 132 Å². The zero-order valence-corrected chi connectivity index (χ0v) is 13.8. The van der Waals surface area contributed by atoms with Crippen molar-refractivity contribution in [2.45, 2.75) is 11.3 Å². The second-order valence-electron chi connectivity index (χ2n) is 3.38. The van der Waals surface area contributed by atoms with E-state index in [9.17, 15) is 4.79 Å². The van der Waals surface area contributed by atoms with Gasteiger partial charge in [0.25, 0.3) is 5.91 Å². The van der Waals surface area contributed by atoms with E-state index >= 15 is 0 Å². The van der Waals surface area contributed by atoms with Gasteiger partial charge in [-0.3, -0.25) is 10.1 Å². The predicted octanol–water partition coefficient (Wildman–Crippen LogP) is 4.32. The summed E-state index contributed by atoms with van der Waals surface area (Å²) in [5, 5.41) is 11.4. The predicted molar refractivity (Wildman–Crippen MR) is 83.4 cm³/mol. The molecule has 4 nitrogen and oxygen atoms in total. The highest BCUT2D eigenvalue weighted by molar-refractivity contribution is 9.10. The number of nitrogens with zero attached hydrogens (tertiary/aromatic N) is 2. The zero-order chi connectivity index (χ0) is 13.8. The molecule has 0 spiro atoms. The maximum atomic E-state index is 12.1. The van der Waals surface area contributed by atoms with E-state index in [0.29, 0.717) is 15.7 Å². The number of anilines is 1. The van der Waals surface area contributed by atoms with Crippen molar-refractivity contribution in [1.82, 2.24) is 10.2 Å². The third-order valence-corrected chi connectivity index (χ3v) is 4.74. The van der Waals surface area contributed by atoms with Crippen molar-refractivity contribution in [2.24, 2.45) is 0 Å². The minimum atomic E-state index is -0.296. The highest BCUT2D eigenvalue weighted by Crippen LogP contribution is 2.26. The Balaban J connectivity index is 2.13. The van der Waals surface area contributed by atoms with E-state index in [1.165, 1.54) is 11.3 Å². The van der Waals surface area contributed by atoms with Crippen LogP contribution in [0.1, 0.15) is 17.3 Å². The molecule has 8 heteroatoms. The summed E-state index contributed by atoms with van der Waals surface area (Å²) >= 11 is 12.2. The van der Waals surface area contributed by atoms with Gasteiger partial charge in [-0.25, -0.2) is 0 Å². The molecule has 0 fully saturated rings. The van der Waals surface area contributed by atoms with Crippen molar-refractivity contribution < 1.29 is 4.79 Å². The Morgan fingerprint density at radius 2 is 2.32 bits per heavy atom. The summed E-state index contributed by atoms with van der Waals surface area (Å²) in [5.74, 6) is 0.621. The standard InChI is InChI=1S/C11H9BrClN3OS2/c1-2-18-11-16-15-10(19-11)14-9(17)7-5-6(12)3-4-8(7)13/h3-5H,2H2,1H3,(H,14,15,17). The molecule has 0 unspecified atom stereocenters. The number of carbonyl (C=O) groups excluding carboxylic acids is 1. The number of amides is 1. The van der Waals surface area contributed by atoms with Crippen LogP contribution >= 0.6 is 50.6 Å². The third kappa shape index (κ3) is 3.92. The lowest BCUT2D eigenvalue weighted by Crippen LogP contribution is -2.12. The van der Waals surface area contributed by atoms with Crippen molar-refractivity contribution in [3.05, 3.63) is 33.3 Å². The summed E-state index contributed by atoms with van der Waals surface area (Å²) in [4.78, 5) is 12.1. The molecule has 100 valence electrons. The van der Waals surface area contributed by atoms with E-state index in [-0.39, 0.29) is 5.91 Å². The molecular weight excluding hydrogens is 370 g/mol. The first-order valence-corrected chi connectivity index (χ1v) is 8.30. The van der Waals surface area contributed by atoms with E-state index in [2.05, 4.69) is 31.4 Å². The number of hydrogen-bond donors (Lipinski definition) is 1. The second kappa shape index (κ2) is 6.69. The molecule has 0 aliphatic heterocycles. The third-order valence-electron chi connectivity index (χ3n) is 2.07. The minimum Gasteiger partial charge on any atom is -0.296 e. The molecule has 1 aromatic heterocycles. The van der Waals surface area contributed by atoms with Crippen LogP contribution in [-0.2, 0) is 0 Å². The molecule has 0 aliphatic carbocycles. The van der Waals surface area contributed by atoms with Gasteiger partial charge in [0.2, 0.25) is 5.13 Å². The van der Waals surface area contributed by atoms with Crippen LogP contribution in [0.2, 0.25) is 5.02 Å². The van der Waals surface area contributed by atoms with Crippen molar-refractivity contribution in [3.63, 3.8) is 0 Å². The summed E-state index contributed by atoms with van der Waals surface area (Å²) in [7, 11) is 0. The van der Waals surface area contributed by atoms with Gasteiger partial charge in [0, 0.05) is 4.47 Å². The van der Waals surface area contributed by atoms with Crippen molar-refractivity contribution in [1.29, 1.82) is 0 Å². The molecule has 0 radical (unpaired) electrons. The minimum absolute atomic E-state index is 0.296. The molecule has 2 aromatic rings. The van der Waals surface area contributed by atoms with Gasteiger partial charge < -0.3 is 0 Å². The fraction of sp³-hybridized carbons (Fsp3) is 0.182. The van der Waals surface area contributed by atoms with Crippen LogP contribution < -0.4 is 5.32 Å². The first kappa shape index (κ1) is 14.8. The number of carbonyl (C=O) groups is 1. The molecule has 0 saturated carbocycles. The van der Waals surface area contributed by atoms with E-state index in [1.807, 2.05) is 6.92 Å². The Hall–Kier alpha value is -0.630. The first-order chi connectivity index (χ1) is 9.10. The van der Waals surface area contributed by atoms with E-state index in [1.54, 1.807) is 30.0 Å². The van der Waals surface area contributed by atoms with Crippen molar-refractivity contribution in [3.8, 4) is 0 Å². The highest BCUT2D eigenvalue weighted by Gasteiger charge is 2.13. The molecular formula is C11H9BrClN3OS2. The molecule has 0 aliphatic rings. The summed E-state index contributed by atoms with van der Waals surface area (Å²) in [5.41, 5.74) is 0.399. The lowest BCUT2D eigenvalue weighted by atomic mass is 10.2. The first-order valence-electron chi connectivity index (χ1n) is 5.33. The molecule has 2 rings (SSSR count). The molecule has 1 heterocycles. The van der Waals surface area contributed by atoms with Gasteiger partial charge in [-0.15, -0.1) is 10.2 Å². The van der Waals surface area contributed by atoms with Crippen molar-refractivity contribution in [2.75, 3.05) is 11.1 Å². The number of halogens is 2. The number of benzene rings is 1. The Bertz CT molecular complexity index is 605. The Morgan fingerprint density at radius 3 is 3.05 bits per heavy atom. The fourth-order valence-electron chi connectivity index (χ4n) is 1.28. The molecule has 0 atom stereocenters. The van der Waals surface area contributed by atoms with Crippen LogP contribution in [0.25, 0.3) is 0 Å². The van der Waals surface area contributed by atoms with Gasteiger partial charge in [-0.05, 0) is 24.0 Å². The van der Waals surface area contributed by atoms with Gasteiger partial charge >= 0.3 is 0 Å². The lowest BCUT2D eigenvalue weighted by molar-refractivity contribution is 0.102. The number of hydrogen-bond acceptors (Lipinski definition) is 5. The SMILES string of the molecule is CCSc1nnc(NC(=O)c2cc(Br)ccc2Cl)s1. The summed E-state index contributed by atoms with van der Waals surface area (Å²) < 4.78 is 1.62. The Morgan fingerprint density at radius 1 is 1.53 bits per heavy atom. The Kier molecular flexibility index (Phi) is 5.20. The van der Waals surface area contributed by atoms with Gasteiger partial charge in [0.1, 0.15) is 0 Å². The number of nitrogens with one attached hydrogen (secondary N) is 1. The molecule has 0 bridgehead atoms. The van der Waals surface area contributed by atoms with Gasteiger partial charge in [-0.1, -0.05) is 57.6 Å². The topological polar surface area (TPSA) is 54.9 Å². The lowest BCUT2D eigenvalue weighted by Gasteiger charge is -2.04.